The number of hydrogen-bond acceptors (Lipinski definition) is 2. The number of benzene rings is 2. The van der Waals surface area contributed by atoms with Gasteiger partial charge in [0.2, 0.25) is 0 Å². The van der Waals surface area contributed by atoms with Crippen molar-refractivity contribution in [3.63, 3.8) is 0 Å². The first-order valence-electron chi connectivity index (χ1n) is 9.30. The van der Waals surface area contributed by atoms with E-state index in [1.807, 2.05) is 109 Å². The molecular formula is C26H22FeO2. The molecule has 0 amide bonds. The Morgan fingerprint density at radius 2 is 0.828 bits per heavy atom. The third kappa shape index (κ3) is 7.15. The zero-order valence-corrected chi connectivity index (χ0v) is 17.1. The fourth-order valence-corrected chi connectivity index (χ4v) is 2.89. The largest absolute Gasteiger partial charge is 2.00 e. The Balaban J connectivity index is 0.000000200. The van der Waals surface area contributed by atoms with E-state index in [1.54, 1.807) is 0 Å². The Labute approximate surface area is 183 Å². The van der Waals surface area contributed by atoms with Crippen molar-refractivity contribution in [2.75, 3.05) is 0 Å². The first-order valence-corrected chi connectivity index (χ1v) is 9.30. The Morgan fingerprint density at radius 3 is 1.14 bits per heavy atom. The van der Waals surface area contributed by atoms with Crippen LogP contribution in [0.5, 0.6) is 0 Å². The van der Waals surface area contributed by atoms with Crippen molar-refractivity contribution in [2.24, 2.45) is 0 Å². The minimum atomic E-state index is 0. The van der Waals surface area contributed by atoms with Crippen LogP contribution in [0.3, 0.4) is 0 Å². The second kappa shape index (κ2) is 11.8. The van der Waals surface area contributed by atoms with Gasteiger partial charge in [0, 0.05) is 0 Å². The number of rotatable bonds is 4. The van der Waals surface area contributed by atoms with E-state index in [0.29, 0.717) is 12.8 Å². The molecule has 3 heteroatoms. The van der Waals surface area contributed by atoms with Crippen molar-refractivity contribution in [1.82, 2.24) is 0 Å². The van der Waals surface area contributed by atoms with E-state index in [0.717, 1.165) is 22.3 Å². The monoisotopic (exact) mass is 422 g/mol. The standard InChI is InChI=1S/2C13H12O.Fe/c2*14-13(12-8-4-5-9-12)10-11-6-2-1-3-7-11;/h2*1-9,14H,10H2;/q;;+2/p-2. The number of allylic oxidation sites excluding steroid dienone is 12. The summed E-state index contributed by atoms with van der Waals surface area (Å²) in [5.74, 6) is 0.363. The maximum atomic E-state index is 11.7. The molecule has 2 aromatic rings. The molecule has 29 heavy (non-hydrogen) atoms. The molecular weight excluding hydrogens is 400 g/mol. The van der Waals surface area contributed by atoms with Gasteiger partial charge < -0.3 is 10.2 Å². The average Bonchev–Trinajstić information content (AvgIpc) is 3.44. The molecule has 146 valence electrons. The van der Waals surface area contributed by atoms with Gasteiger partial charge in [-0.1, -0.05) is 109 Å². The van der Waals surface area contributed by atoms with Crippen LogP contribution in [0.1, 0.15) is 11.1 Å². The van der Waals surface area contributed by atoms with Crippen LogP contribution in [0.15, 0.2) is 132 Å². The van der Waals surface area contributed by atoms with Crippen LogP contribution in [0.2, 0.25) is 0 Å². The first kappa shape index (κ1) is 22.3. The predicted molar refractivity (Wildman–Crippen MR) is 111 cm³/mol. The second-order valence-corrected chi connectivity index (χ2v) is 6.52. The van der Waals surface area contributed by atoms with Gasteiger partial charge in [0.15, 0.2) is 0 Å². The fourth-order valence-electron chi connectivity index (χ4n) is 2.89. The topological polar surface area (TPSA) is 46.1 Å². The smallest absolute Gasteiger partial charge is 0.875 e. The Kier molecular flexibility index (Phi) is 9.04. The predicted octanol–water partition coefficient (Wildman–Crippen LogP) is 3.94. The van der Waals surface area contributed by atoms with Gasteiger partial charge >= 0.3 is 17.1 Å². The van der Waals surface area contributed by atoms with Crippen LogP contribution in [0, 0.1) is 0 Å². The van der Waals surface area contributed by atoms with Crippen LogP contribution in [-0.2, 0) is 29.9 Å². The summed E-state index contributed by atoms with van der Waals surface area (Å²) in [6, 6.07) is 19.6. The van der Waals surface area contributed by atoms with Crippen LogP contribution in [-0.4, -0.2) is 0 Å². The maximum Gasteiger partial charge on any atom is 2.00 e. The Morgan fingerprint density at radius 1 is 0.517 bits per heavy atom. The third-order valence-electron chi connectivity index (χ3n) is 4.38. The van der Waals surface area contributed by atoms with E-state index in [-0.39, 0.29) is 28.6 Å². The summed E-state index contributed by atoms with van der Waals surface area (Å²) in [7, 11) is 0. The minimum Gasteiger partial charge on any atom is -0.875 e. The van der Waals surface area contributed by atoms with Crippen molar-refractivity contribution in [3.05, 3.63) is 143 Å². The van der Waals surface area contributed by atoms with E-state index in [2.05, 4.69) is 0 Å². The van der Waals surface area contributed by atoms with Crippen LogP contribution in [0.4, 0.5) is 0 Å². The first-order chi connectivity index (χ1) is 13.7. The molecule has 2 nitrogen and oxygen atoms in total. The minimum absolute atomic E-state index is 0. The molecule has 0 N–H and O–H groups in total. The van der Waals surface area contributed by atoms with Crippen LogP contribution >= 0.6 is 0 Å². The molecule has 0 saturated heterocycles. The molecule has 2 aromatic carbocycles. The van der Waals surface area contributed by atoms with Crippen molar-refractivity contribution >= 4 is 0 Å². The molecule has 0 heterocycles. The van der Waals surface area contributed by atoms with Gasteiger partial charge in [-0.15, -0.1) is 11.5 Å². The van der Waals surface area contributed by atoms with Gasteiger partial charge in [-0.2, -0.15) is 0 Å². The Hall–Kier alpha value is -3.00. The van der Waals surface area contributed by atoms with E-state index >= 15 is 0 Å². The van der Waals surface area contributed by atoms with Gasteiger partial charge in [0.1, 0.15) is 0 Å². The van der Waals surface area contributed by atoms with Gasteiger partial charge in [-0.05, 0) is 35.1 Å². The summed E-state index contributed by atoms with van der Waals surface area (Å²) >= 11 is 0. The SMILES string of the molecule is [Fe+2].[O-]C(Cc1ccccc1)=C1C=CC=C1.[O-]C(Cc1ccccc1)=C1C=CC=C1. The Bertz CT molecular complexity index is 853. The van der Waals surface area contributed by atoms with Crippen LogP contribution < -0.4 is 10.2 Å². The van der Waals surface area contributed by atoms with Gasteiger partial charge in [0.05, 0.1) is 0 Å². The molecule has 2 aliphatic rings. The van der Waals surface area contributed by atoms with Crippen molar-refractivity contribution in [3.8, 4) is 0 Å². The zero-order chi connectivity index (χ0) is 19.6. The summed E-state index contributed by atoms with van der Waals surface area (Å²) in [5, 5.41) is 23.4. The average molecular weight is 422 g/mol. The molecule has 0 aliphatic heterocycles. The van der Waals surface area contributed by atoms with Gasteiger partial charge in [-0.25, -0.2) is 0 Å². The van der Waals surface area contributed by atoms with Crippen molar-refractivity contribution in [2.45, 2.75) is 12.8 Å². The molecule has 0 atom stereocenters. The molecule has 0 saturated carbocycles. The second-order valence-electron chi connectivity index (χ2n) is 6.52. The van der Waals surface area contributed by atoms with Gasteiger partial charge in [0.25, 0.3) is 0 Å². The number of hydrogen-bond donors (Lipinski definition) is 0. The summed E-state index contributed by atoms with van der Waals surface area (Å²) in [5.41, 5.74) is 3.74. The summed E-state index contributed by atoms with van der Waals surface area (Å²) < 4.78 is 0. The molecule has 4 rings (SSSR count). The third-order valence-corrected chi connectivity index (χ3v) is 4.38. The van der Waals surface area contributed by atoms with Gasteiger partial charge in [-0.3, -0.25) is 0 Å². The molecule has 0 fully saturated rings. The van der Waals surface area contributed by atoms with E-state index in [1.165, 1.54) is 0 Å². The fraction of sp³-hybridized carbons (Fsp3) is 0.0769. The normalized spacial score (nSPS) is 13.1. The molecule has 0 spiro atoms. The molecule has 2 aliphatic carbocycles. The van der Waals surface area contributed by atoms with E-state index < -0.39 is 0 Å². The quantitative estimate of drug-likeness (QED) is 0.554. The summed E-state index contributed by atoms with van der Waals surface area (Å²) in [6.45, 7) is 0. The van der Waals surface area contributed by atoms with Crippen LogP contribution in [0.25, 0.3) is 0 Å². The van der Waals surface area contributed by atoms with Crippen molar-refractivity contribution < 1.29 is 27.3 Å². The zero-order valence-electron chi connectivity index (χ0n) is 16.0. The molecule has 0 unspecified atom stereocenters. The molecule has 0 aromatic heterocycles. The molecule has 0 radical (unpaired) electrons. The summed E-state index contributed by atoms with van der Waals surface area (Å²) in [6.07, 6.45) is 15.9. The molecule has 0 bridgehead atoms. The summed E-state index contributed by atoms with van der Waals surface area (Å²) in [4.78, 5) is 0. The van der Waals surface area contributed by atoms with E-state index in [9.17, 15) is 10.2 Å². The van der Waals surface area contributed by atoms with Crippen molar-refractivity contribution in [1.29, 1.82) is 0 Å². The van der Waals surface area contributed by atoms with E-state index in [4.69, 9.17) is 0 Å². The maximum absolute atomic E-state index is 11.7.